The molecule has 4 aromatic heterocycles. The number of benzene rings is 4. The molecule has 0 aliphatic rings. The number of sulfone groups is 2. The molecular formula is C52H50N8O10S2. The summed E-state index contributed by atoms with van der Waals surface area (Å²) in [7, 11) is -5.85. The van der Waals surface area contributed by atoms with Crippen molar-refractivity contribution < 1.29 is 40.7 Å². The number of nitrogens with one attached hydrogen (secondary N) is 2. The van der Waals surface area contributed by atoms with Crippen LogP contribution in [-0.2, 0) is 37.5 Å². The lowest BCUT2D eigenvalue weighted by Crippen LogP contribution is -2.33. The summed E-state index contributed by atoms with van der Waals surface area (Å²) >= 11 is 0. The Labute approximate surface area is 415 Å². The lowest BCUT2D eigenvalue weighted by molar-refractivity contribution is 0.0634. The van der Waals surface area contributed by atoms with Crippen molar-refractivity contribution in [1.82, 2.24) is 19.9 Å². The fraction of sp³-hybridized carbons (Fsp3) is 0.173. The third kappa shape index (κ3) is 12.8. The maximum atomic E-state index is 13.8. The average molecular weight is 1010 g/mol. The highest BCUT2D eigenvalue weighted by atomic mass is 32.2. The van der Waals surface area contributed by atoms with Gasteiger partial charge in [0.1, 0.15) is 28.6 Å². The third-order valence-corrected chi connectivity index (χ3v) is 12.9. The Bertz CT molecular complexity index is 3660. The number of aromatic nitrogens is 4. The fourth-order valence-corrected chi connectivity index (χ4v) is 9.17. The van der Waals surface area contributed by atoms with E-state index in [1.165, 1.54) is 53.3 Å². The first-order chi connectivity index (χ1) is 34.1. The van der Waals surface area contributed by atoms with Crippen LogP contribution in [0.5, 0.6) is 5.88 Å². The summed E-state index contributed by atoms with van der Waals surface area (Å²) in [6.45, 7) is 5.37. The van der Waals surface area contributed by atoms with Gasteiger partial charge in [-0.15, -0.1) is 0 Å². The van der Waals surface area contributed by atoms with E-state index < -0.39 is 48.7 Å². The van der Waals surface area contributed by atoms with E-state index in [0.29, 0.717) is 33.8 Å². The monoisotopic (exact) mass is 1010 g/mol. The summed E-state index contributed by atoms with van der Waals surface area (Å²) < 4.78 is 60.6. The number of fused-ring (bicyclic) bond motifs is 2. The van der Waals surface area contributed by atoms with Crippen LogP contribution in [0.15, 0.2) is 160 Å². The van der Waals surface area contributed by atoms with Gasteiger partial charge in [-0.2, -0.15) is 0 Å². The van der Waals surface area contributed by atoms with Crippen LogP contribution in [0.1, 0.15) is 52.9 Å². The van der Waals surface area contributed by atoms with E-state index in [2.05, 4.69) is 25.3 Å². The van der Waals surface area contributed by atoms with E-state index in [0.717, 1.165) is 23.3 Å². The SMILES string of the molecule is COc1cccc(C(=O)N(Cc2ccc3ccc(NC(=O)OC(C)(C)C)nc3c2)c2ccccc2S(C)(=O)=O)n1.CS(=O)(=O)c1ccccc1N(Cc1ccc2ccc(N)nc2c1)C(=O)c1cccc(=O)[nH]1. The first kappa shape index (κ1) is 51.4. The number of carbonyl (C=O) groups excluding carboxylic acids is 3. The number of ether oxygens (including phenoxy) is 2. The number of rotatable bonds is 12. The van der Waals surface area contributed by atoms with Gasteiger partial charge in [0.15, 0.2) is 19.7 Å². The third-order valence-electron chi connectivity index (χ3n) is 10.6. The van der Waals surface area contributed by atoms with E-state index in [1.54, 1.807) is 99.6 Å². The van der Waals surface area contributed by atoms with Crippen LogP contribution in [0, 0.1) is 0 Å². The van der Waals surface area contributed by atoms with Gasteiger partial charge in [0, 0.05) is 35.4 Å². The van der Waals surface area contributed by atoms with E-state index >= 15 is 0 Å². The smallest absolute Gasteiger partial charge is 0.413 e. The number of nitrogens with zero attached hydrogens (tertiary/aromatic N) is 5. The molecule has 72 heavy (non-hydrogen) atoms. The lowest BCUT2D eigenvalue weighted by Gasteiger charge is -2.25. The molecular weight excluding hydrogens is 961 g/mol. The molecule has 0 aliphatic heterocycles. The highest BCUT2D eigenvalue weighted by Gasteiger charge is 2.27. The second kappa shape index (κ2) is 21.2. The molecule has 3 amide bonds. The Morgan fingerprint density at radius 3 is 1.72 bits per heavy atom. The minimum Gasteiger partial charge on any atom is -0.481 e. The molecule has 4 heterocycles. The summed E-state index contributed by atoms with van der Waals surface area (Å²) in [6, 6.07) is 39.5. The topological polar surface area (TPSA) is 254 Å². The molecule has 18 nitrogen and oxygen atoms in total. The molecule has 0 saturated heterocycles. The molecule has 0 atom stereocenters. The van der Waals surface area contributed by atoms with Crippen LogP contribution in [0.2, 0.25) is 0 Å². The number of hydrogen-bond donors (Lipinski definition) is 3. The van der Waals surface area contributed by atoms with Gasteiger partial charge in [-0.25, -0.2) is 36.6 Å². The Morgan fingerprint density at radius 2 is 1.17 bits per heavy atom. The molecule has 370 valence electrons. The van der Waals surface area contributed by atoms with Crippen molar-refractivity contribution in [2.24, 2.45) is 0 Å². The first-order valence-corrected chi connectivity index (χ1v) is 25.8. The van der Waals surface area contributed by atoms with Crippen molar-refractivity contribution in [2.45, 2.75) is 49.3 Å². The van der Waals surface area contributed by atoms with Gasteiger partial charge in [-0.05, 0) is 105 Å². The van der Waals surface area contributed by atoms with Gasteiger partial charge in [0.05, 0.1) is 52.4 Å². The number of amides is 3. The molecule has 0 radical (unpaired) electrons. The Kier molecular flexibility index (Phi) is 15.2. The van der Waals surface area contributed by atoms with Gasteiger partial charge in [-0.1, -0.05) is 60.7 Å². The highest BCUT2D eigenvalue weighted by Crippen LogP contribution is 2.31. The van der Waals surface area contributed by atoms with Gasteiger partial charge in [0.2, 0.25) is 11.4 Å². The summed E-state index contributed by atoms with van der Waals surface area (Å²) in [5.74, 6) is -0.133. The molecule has 0 unspecified atom stereocenters. The second-order valence-electron chi connectivity index (χ2n) is 17.4. The van der Waals surface area contributed by atoms with Crippen LogP contribution in [-0.4, -0.2) is 79.9 Å². The zero-order valence-electron chi connectivity index (χ0n) is 40.0. The molecule has 0 bridgehead atoms. The number of nitrogen functional groups attached to an aromatic ring is 1. The number of carbonyl (C=O) groups is 3. The normalized spacial score (nSPS) is 11.5. The number of nitrogens with two attached hydrogens (primary N) is 1. The molecule has 0 fully saturated rings. The molecule has 4 aromatic carbocycles. The minimum absolute atomic E-state index is 0.00834. The Balaban J connectivity index is 0.000000216. The van der Waals surface area contributed by atoms with Crippen LogP contribution >= 0.6 is 0 Å². The summed E-state index contributed by atoms with van der Waals surface area (Å²) in [5, 5.41) is 4.31. The standard InChI is InChI=1S/C29H30N4O6S.C23H20N4O4S/c1-29(2,3)39-28(35)32-25-16-15-20-14-13-19(17-22(20)30-25)18-33(23-10-6-7-11-24(23)40(5,36)37)27(34)21-9-8-12-26(31-21)38-4;1-32(30,31)20-7-3-2-6-19(20)27(23(29)17-5-4-8-22(28)26-17)14-15-9-10-16-11-12-21(24)25-18(16)13-15/h6-17H,18H2,1-5H3,(H,30,32,35);2-13H,14H2,1H3,(H2,24,25)(H,26,28). The number of anilines is 4. The second-order valence-corrected chi connectivity index (χ2v) is 21.3. The first-order valence-electron chi connectivity index (χ1n) is 22.0. The van der Waals surface area contributed by atoms with Crippen LogP contribution in [0.4, 0.5) is 27.8 Å². The van der Waals surface area contributed by atoms with E-state index in [4.69, 9.17) is 15.2 Å². The molecule has 20 heteroatoms. The van der Waals surface area contributed by atoms with Gasteiger partial charge in [0.25, 0.3) is 11.8 Å². The number of H-pyrrole nitrogens is 1. The Morgan fingerprint density at radius 1 is 0.639 bits per heavy atom. The van der Waals surface area contributed by atoms with Crippen molar-refractivity contribution in [3.05, 3.63) is 178 Å². The predicted molar refractivity (Wildman–Crippen MR) is 276 cm³/mol. The quantitative estimate of drug-likeness (QED) is 0.105. The number of aromatic amines is 1. The number of pyridine rings is 4. The summed E-state index contributed by atoms with van der Waals surface area (Å²) in [5.41, 5.74) is 7.87. The van der Waals surface area contributed by atoms with Gasteiger partial charge in [-0.3, -0.25) is 19.7 Å². The predicted octanol–water partition coefficient (Wildman–Crippen LogP) is 7.99. The highest BCUT2D eigenvalue weighted by molar-refractivity contribution is 7.91. The van der Waals surface area contributed by atoms with E-state index in [1.807, 2.05) is 30.3 Å². The summed E-state index contributed by atoms with van der Waals surface area (Å²) in [4.78, 5) is 69.5. The van der Waals surface area contributed by atoms with Crippen molar-refractivity contribution in [1.29, 1.82) is 0 Å². The number of hydrogen-bond acceptors (Lipinski definition) is 14. The fourth-order valence-electron chi connectivity index (χ4n) is 7.40. The largest absolute Gasteiger partial charge is 0.481 e. The lowest BCUT2D eigenvalue weighted by atomic mass is 10.1. The van der Waals surface area contributed by atoms with Crippen molar-refractivity contribution in [3.63, 3.8) is 0 Å². The minimum atomic E-state index is -3.67. The van der Waals surface area contributed by atoms with Crippen LogP contribution in [0.3, 0.4) is 0 Å². The van der Waals surface area contributed by atoms with Gasteiger partial charge >= 0.3 is 6.09 Å². The molecule has 0 aliphatic carbocycles. The zero-order chi connectivity index (χ0) is 52.0. The van der Waals surface area contributed by atoms with Crippen molar-refractivity contribution in [2.75, 3.05) is 40.5 Å². The van der Waals surface area contributed by atoms with Crippen LogP contribution < -0.4 is 31.1 Å². The maximum Gasteiger partial charge on any atom is 0.413 e. The average Bonchev–Trinajstić information content (AvgIpc) is 3.33. The number of methoxy groups -OCH3 is 1. The molecule has 8 rings (SSSR count). The van der Waals surface area contributed by atoms with E-state index in [9.17, 15) is 36.0 Å². The molecule has 4 N–H and O–H groups in total. The van der Waals surface area contributed by atoms with Crippen molar-refractivity contribution >= 4 is 82.4 Å². The molecule has 8 aromatic rings. The van der Waals surface area contributed by atoms with Crippen molar-refractivity contribution in [3.8, 4) is 5.88 Å². The molecule has 0 saturated carbocycles. The zero-order valence-corrected chi connectivity index (χ0v) is 41.6. The van der Waals surface area contributed by atoms with Gasteiger partial charge < -0.3 is 30.0 Å². The van der Waals surface area contributed by atoms with Crippen LogP contribution in [0.25, 0.3) is 21.8 Å². The number of para-hydroxylation sites is 2. The van der Waals surface area contributed by atoms with E-state index in [-0.39, 0.29) is 51.5 Å². The Hall–Kier alpha value is -8.49. The summed E-state index contributed by atoms with van der Waals surface area (Å²) in [6.07, 6.45) is 1.55. The molecule has 0 spiro atoms. The maximum absolute atomic E-state index is 13.8.